The number of carbonyl (C=O) groups is 1. The Bertz CT molecular complexity index is 425. The van der Waals surface area contributed by atoms with Crippen LogP contribution in [0.3, 0.4) is 0 Å². The Labute approximate surface area is 96.0 Å². The van der Waals surface area contributed by atoms with E-state index in [1.165, 1.54) is 4.57 Å². The maximum Gasteiger partial charge on any atom is 0.326 e. The van der Waals surface area contributed by atoms with Crippen molar-refractivity contribution in [3.05, 3.63) is 32.7 Å². The van der Waals surface area contributed by atoms with Crippen LogP contribution in [0.5, 0.6) is 0 Å². The molecule has 0 bridgehead atoms. The van der Waals surface area contributed by atoms with Crippen LogP contribution in [0.25, 0.3) is 0 Å². The molecule has 0 aliphatic rings. The summed E-state index contributed by atoms with van der Waals surface area (Å²) in [5.41, 5.74) is 0.680. The minimum atomic E-state index is -0.405. The van der Waals surface area contributed by atoms with Crippen molar-refractivity contribution in [1.82, 2.24) is 4.57 Å². The van der Waals surface area contributed by atoms with Gasteiger partial charge in [-0.05, 0) is 41.4 Å². The predicted octanol–water partition coefficient (Wildman–Crippen LogP) is 1.48. The van der Waals surface area contributed by atoms with Crippen LogP contribution in [0.15, 0.2) is 21.5 Å². The average Bonchev–Trinajstić information content (AvgIpc) is 2.13. The lowest BCUT2D eigenvalue weighted by molar-refractivity contribution is -0.143. The van der Waals surface area contributed by atoms with Crippen LogP contribution in [-0.4, -0.2) is 17.1 Å². The normalized spacial score (nSPS) is 10.1. The summed E-state index contributed by atoms with van der Waals surface area (Å²) in [6, 6.07) is 1.71. The lowest BCUT2D eigenvalue weighted by atomic mass is 10.3. The van der Waals surface area contributed by atoms with Gasteiger partial charge in [-0.3, -0.25) is 9.59 Å². The van der Waals surface area contributed by atoms with Crippen molar-refractivity contribution in [1.29, 1.82) is 0 Å². The third kappa shape index (κ3) is 3.20. The Hall–Kier alpha value is -1.10. The summed E-state index contributed by atoms with van der Waals surface area (Å²) in [6.45, 7) is 3.85. The predicted molar refractivity (Wildman–Crippen MR) is 59.8 cm³/mol. The zero-order valence-corrected chi connectivity index (χ0v) is 10.2. The van der Waals surface area contributed by atoms with Gasteiger partial charge in [0.05, 0.1) is 11.1 Å². The van der Waals surface area contributed by atoms with E-state index in [9.17, 15) is 9.59 Å². The highest BCUT2D eigenvalue weighted by Gasteiger charge is 2.07. The lowest BCUT2D eigenvalue weighted by Crippen LogP contribution is -2.25. The van der Waals surface area contributed by atoms with E-state index in [1.807, 2.05) is 6.92 Å². The van der Waals surface area contributed by atoms with E-state index in [4.69, 9.17) is 4.74 Å². The van der Waals surface area contributed by atoms with Gasteiger partial charge in [0.2, 0.25) is 0 Å². The maximum atomic E-state index is 11.6. The first-order valence-electron chi connectivity index (χ1n) is 4.56. The fourth-order valence-electron chi connectivity index (χ4n) is 1.20. The zero-order valence-electron chi connectivity index (χ0n) is 8.62. The molecule has 1 rings (SSSR count). The number of halogens is 1. The van der Waals surface area contributed by atoms with E-state index in [0.717, 1.165) is 5.56 Å². The third-order valence-corrected chi connectivity index (χ3v) is 2.35. The van der Waals surface area contributed by atoms with E-state index in [1.54, 1.807) is 19.2 Å². The van der Waals surface area contributed by atoms with Crippen molar-refractivity contribution in [2.45, 2.75) is 20.4 Å². The molecule has 0 amide bonds. The molecule has 0 unspecified atom stereocenters. The van der Waals surface area contributed by atoms with Gasteiger partial charge >= 0.3 is 5.97 Å². The van der Waals surface area contributed by atoms with Crippen LogP contribution in [0, 0.1) is 6.92 Å². The summed E-state index contributed by atoms with van der Waals surface area (Å²) in [7, 11) is 0. The molecule has 0 aliphatic carbocycles. The van der Waals surface area contributed by atoms with Crippen molar-refractivity contribution in [2.75, 3.05) is 6.61 Å². The first kappa shape index (κ1) is 12.0. The molecule has 0 fully saturated rings. The number of aryl methyl sites for hydroxylation is 1. The molecule has 0 atom stereocenters. The maximum absolute atomic E-state index is 11.6. The van der Waals surface area contributed by atoms with Crippen molar-refractivity contribution in [3.8, 4) is 0 Å². The molecule has 5 heteroatoms. The summed E-state index contributed by atoms with van der Waals surface area (Å²) in [6.07, 6.45) is 1.63. The number of aromatic nitrogens is 1. The number of esters is 1. The Balaban J connectivity index is 2.95. The zero-order chi connectivity index (χ0) is 11.4. The van der Waals surface area contributed by atoms with Gasteiger partial charge in [0.1, 0.15) is 6.54 Å². The van der Waals surface area contributed by atoms with Gasteiger partial charge < -0.3 is 9.30 Å². The average molecular weight is 274 g/mol. The van der Waals surface area contributed by atoms with Gasteiger partial charge in [-0.15, -0.1) is 0 Å². The van der Waals surface area contributed by atoms with E-state index < -0.39 is 5.97 Å². The fourth-order valence-corrected chi connectivity index (χ4v) is 1.79. The molecular weight excluding hydrogens is 262 g/mol. The Morgan fingerprint density at radius 3 is 2.87 bits per heavy atom. The second kappa shape index (κ2) is 5.11. The van der Waals surface area contributed by atoms with Gasteiger partial charge in [-0.25, -0.2) is 0 Å². The van der Waals surface area contributed by atoms with Crippen molar-refractivity contribution in [3.63, 3.8) is 0 Å². The first-order valence-corrected chi connectivity index (χ1v) is 5.36. The SMILES string of the molecule is CCOC(=O)Cn1cc(C)cc(Br)c1=O. The van der Waals surface area contributed by atoms with Crippen LogP contribution in [0.4, 0.5) is 0 Å². The molecule has 0 saturated carbocycles. The van der Waals surface area contributed by atoms with Crippen LogP contribution < -0.4 is 5.56 Å². The molecule has 15 heavy (non-hydrogen) atoms. The second-order valence-corrected chi connectivity index (χ2v) is 3.96. The Morgan fingerprint density at radius 1 is 1.60 bits per heavy atom. The number of carbonyl (C=O) groups excluding carboxylic acids is 1. The molecule has 1 aromatic heterocycles. The van der Waals surface area contributed by atoms with Crippen LogP contribution in [0.1, 0.15) is 12.5 Å². The number of pyridine rings is 1. The van der Waals surface area contributed by atoms with Crippen LogP contribution in [-0.2, 0) is 16.1 Å². The summed E-state index contributed by atoms with van der Waals surface area (Å²) in [5.74, 6) is -0.405. The van der Waals surface area contributed by atoms with Crippen molar-refractivity contribution >= 4 is 21.9 Å². The summed E-state index contributed by atoms with van der Waals surface area (Å²) in [5, 5.41) is 0. The number of nitrogens with zero attached hydrogens (tertiary/aromatic N) is 1. The van der Waals surface area contributed by atoms with E-state index >= 15 is 0 Å². The summed E-state index contributed by atoms with van der Waals surface area (Å²) >= 11 is 3.14. The second-order valence-electron chi connectivity index (χ2n) is 3.10. The van der Waals surface area contributed by atoms with Gasteiger partial charge in [0.25, 0.3) is 5.56 Å². The highest BCUT2D eigenvalue weighted by atomic mass is 79.9. The molecule has 0 spiro atoms. The van der Waals surface area contributed by atoms with Gasteiger partial charge in [0.15, 0.2) is 0 Å². The monoisotopic (exact) mass is 273 g/mol. The Morgan fingerprint density at radius 2 is 2.27 bits per heavy atom. The molecular formula is C10H12BrNO3. The van der Waals surface area contributed by atoms with E-state index in [0.29, 0.717) is 11.1 Å². The van der Waals surface area contributed by atoms with E-state index in [2.05, 4.69) is 15.9 Å². The van der Waals surface area contributed by atoms with Gasteiger partial charge in [-0.2, -0.15) is 0 Å². The lowest BCUT2D eigenvalue weighted by Gasteiger charge is -2.06. The van der Waals surface area contributed by atoms with Gasteiger partial charge in [-0.1, -0.05) is 0 Å². The largest absolute Gasteiger partial charge is 0.465 e. The fraction of sp³-hybridized carbons (Fsp3) is 0.400. The van der Waals surface area contributed by atoms with Crippen molar-refractivity contribution in [2.24, 2.45) is 0 Å². The summed E-state index contributed by atoms with van der Waals surface area (Å²) in [4.78, 5) is 22.8. The molecule has 0 radical (unpaired) electrons. The quantitative estimate of drug-likeness (QED) is 0.784. The van der Waals surface area contributed by atoms with Gasteiger partial charge in [0, 0.05) is 6.20 Å². The van der Waals surface area contributed by atoms with Crippen LogP contribution >= 0.6 is 15.9 Å². The van der Waals surface area contributed by atoms with E-state index in [-0.39, 0.29) is 12.1 Å². The molecule has 82 valence electrons. The molecule has 4 nitrogen and oxygen atoms in total. The number of rotatable bonds is 3. The third-order valence-electron chi connectivity index (χ3n) is 1.78. The standard InChI is InChI=1S/C10H12BrNO3/c1-3-15-9(13)6-12-5-7(2)4-8(11)10(12)14/h4-5H,3,6H2,1-2H3. The van der Waals surface area contributed by atoms with Crippen molar-refractivity contribution < 1.29 is 9.53 Å². The number of ether oxygens (including phenoxy) is 1. The molecule has 1 aromatic rings. The molecule has 0 N–H and O–H groups in total. The molecule has 0 aromatic carbocycles. The topological polar surface area (TPSA) is 48.3 Å². The highest BCUT2D eigenvalue weighted by Crippen LogP contribution is 2.05. The smallest absolute Gasteiger partial charge is 0.326 e. The Kier molecular flexibility index (Phi) is 4.08. The summed E-state index contributed by atoms with van der Waals surface area (Å²) < 4.78 is 6.55. The number of hydrogen-bond acceptors (Lipinski definition) is 3. The first-order chi connectivity index (χ1) is 7.04. The minimum Gasteiger partial charge on any atom is -0.465 e. The van der Waals surface area contributed by atoms with Crippen LogP contribution in [0.2, 0.25) is 0 Å². The molecule has 0 aliphatic heterocycles. The molecule has 0 saturated heterocycles. The number of hydrogen-bond donors (Lipinski definition) is 0. The molecule has 1 heterocycles. The minimum absolute atomic E-state index is 0.0487. The highest BCUT2D eigenvalue weighted by molar-refractivity contribution is 9.10.